The maximum Gasteiger partial charge on any atom is 0.251 e. The predicted molar refractivity (Wildman–Crippen MR) is 107 cm³/mol. The fourth-order valence-corrected chi connectivity index (χ4v) is 3.49. The lowest BCUT2D eigenvalue weighted by molar-refractivity contribution is 0.0950. The van der Waals surface area contributed by atoms with Crippen LogP contribution in [0.25, 0.3) is 0 Å². The van der Waals surface area contributed by atoms with Gasteiger partial charge in [-0.25, -0.2) is 4.31 Å². The van der Waals surface area contributed by atoms with Gasteiger partial charge in [0.25, 0.3) is 5.91 Å². The van der Waals surface area contributed by atoms with E-state index in [-0.39, 0.29) is 5.91 Å². The van der Waals surface area contributed by atoms with E-state index in [0.717, 1.165) is 31.0 Å². The van der Waals surface area contributed by atoms with Crippen LogP contribution in [-0.4, -0.2) is 23.3 Å². The monoisotopic (exact) mass is 370 g/mol. The van der Waals surface area contributed by atoms with Crippen molar-refractivity contribution in [3.05, 3.63) is 65.7 Å². The highest BCUT2D eigenvalue weighted by Crippen LogP contribution is 2.32. The first-order chi connectivity index (χ1) is 12.7. The number of carbonyl (C=O) groups is 1. The van der Waals surface area contributed by atoms with Crippen LogP contribution in [0.4, 0.5) is 0 Å². The molecule has 0 atom stereocenters. The Balaban J connectivity index is 1.52. The summed E-state index contributed by atoms with van der Waals surface area (Å²) in [5.41, 5.74) is 1.70. The quantitative estimate of drug-likeness (QED) is 0.487. The maximum atomic E-state index is 12.4. The van der Waals surface area contributed by atoms with Crippen molar-refractivity contribution in [2.75, 3.05) is 13.1 Å². The van der Waals surface area contributed by atoms with Gasteiger partial charge in [0.2, 0.25) is 0 Å². The highest BCUT2D eigenvalue weighted by molar-refractivity contribution is 7.92. The molecule has 0 bridgehead atoms. The van der Waals surface area contributed by atoms with Crippen LogP contribution in [0, 0.1) is 5.92 Å². The molecule has 0 radical (unpaired) electrons. The molecule has 1 amide bonds. The predicted octanol–water partition coefficient (Wildman–Crippen LogP) is 4.68. The van der Waals surface area contributed by atoms with Gasteiger partial charge in [-0.2, -0.15) is 0 Å². The van der Waals surface area contributed by atoms with Crippen LogP contribution in [0.3, 0.4) is 0 Å². The van der Waals surface area contributed by atoms with E-state index in [2.05, 4.69) is 16.5 Å². The van der Waals surface area contributed by atoms with Gasteiger partial charge < -0.3 is 9.50 Å². The van der Waals surface area contributed by atoms with Crippen molar-refractivity contribution in [2.24, 2.45) is 5.92 Å². The van der Waals surface area contributed by atoms with Gasteiger partial charge in [0.05, 0.1) is 0 Å². The summed E-state index contributed by atoms with van der Waals surface area (Å²) in [4.78, 5) is 12.4. The third-order valence-electron chi connectivity index (χ3n) is 4.26. The number of benzene rings is 2. The summed E-state index contributed by atoms with van der Waals surface area (Å²) >= 11 is 1.40. The second-order valence-corrected chi connectivity index (χ2v) is 7.52. The van der Waals surface area contributed by atoms with Gasteiger partial charge in [0, 0.05) is 25.2 Å². The lowest BCUT2D eigenvalue weighted by atomic mass is 10.2. The van der Waals surface area contributed by atoms with Gasteiger partial charge in [-0.05, 0) is 48.9 Å². The molecule has 1 aliphatic rings. The van der Waals surface area contributed by atoms with E-state index in [1.54, 1.807) is 6.07 Å². The number of rotatable bonds is 10. The molecule has 4 nitrogen and oxygen atoms in total. The van der Waals surface area contributed by atoms with Crippen molar-refractivity contribution < 1.29 is 8.98 Å². The molecule has 0 spiro atoms. The van der Waals surface area contributed by atoms with Gasteiger partial charge in [0.15, 0.2) is 0 Å². The molecule has 5 heteroatoms. The topological polar surface area (TPSA) is 41.6 Å². The molecule has 26 heavy (non-hydrogen) atoms. The molecule has 2 aromatic rings. The van der Waals surface area contributed by atoms with Crippen LogP contribution in [0.2, 0.25) is 0 Å². The first-order valence-electron chi connectivity index (χ1n) is 9.26. The third-order valence-corrected chi connectivity index (χ3v) is 5.07. The summed E-state index contributed by atoms with van der Waals surface area (Å²) in [5.74, 6) is 1.44. The van der Waals surface area contributed by atoms with Gasteiger partial charge in [0.1, 0.15) is 18.0 Å². The third kappa shape index (κ3) is 6.07. The van der Waals surface area contributed by atoms with Gasteiger partial charge in [-0.1, -0.05) is 43.3 Å². The maximum absolute atomic E-state index is 12.4. The van der Waals surface area contributed by atoms with Gasteiger partial charge in [-0.3, -0.25) is 4.79 Å². The standard InChI is InChI=1S/C21H26N2O2S/c1-2-13-23(16-18-11-12-18)26-25-20-10-6-9-19(14-20)21(24)22-15-17-7-4-3-5-8-17/h3-10,14,18H,2,11-13,15-16H2,1H3,(H,22,24). The second kappa shape index (κ2) is 9.64. The molecule has 1 fully saturated rings. The highest BCUT2D eigenvalue weighted by atomic mass is 32.2. The van der Waals surface area contributed by atoms with Crippen molar-refractivity contribution in [2.45, 2.75) is 32.7 Å². The number of nitrogens with one attached hydrogen (secondary N) is 1. The molecule has 138 valence electrons. The Morgan fingerprint density at radius 2 is 2.00 bits per heavy atom. The van der Waals surface area contributed by atoms with Crippen molar-refractivity contribution in [1.82, 2.24) is 9.62 Å². The van der Waals surface area contributed by atoms with Crippen LogP contribution in [0.5, 0.6) is 5.75 Å². The molecule has 2 aromatic carbocycles. The molecule has 0 aromatic heterocycles. The molecule has 0 saturated heterocycles. The summed E-state index contributed by atoms with van der Waals surface area (Å²) in [5, 5.41) is 2.95. The van der Waals surface area contributed by atoms with Crippen LogP contribution < -0.4 is 9.50 Å². The minimum Gasteiger partial charge on any atom is -0.409 e. The van der Waals surface area contributed by atoms with Crippen molar-refractivity contribution in [3.63, 3.8) is 0 Å². The smallest absolute Gasteiger partial charge is 0.251 e. The Bertz CT molecular complexity index is 704. The Hall–Kier alpha value is -1.98. The zero-order valence-electron chi connectivity index (χ0n) is 15.2. The summed E-state index contributed by atoms with van der Waals surface area (Å²) in [7, 11) is 0. The second-order valence-electron chi connectivity index (χ2n) is 6.69. The molecule has 1 saturated carbocycles. The summed E-state index contributed by atoms with van der Waals surface area (Å²) in [6, 6.07) is 17.3. The van der Waals surface area contributed by atoms with E-state index in [9.17, 15) is 4.79 Å². The number of amides is 1. The van der Waals surface area contributed by atoms with E-state index in [1.807, 2.05) is 48.5 Å². The summed E-state index contributed by atoms with van der Waals surface area (Å²) in [6.07, 6.45) is 3.76. The van der Waals surface area contributed by atoms with Crippen LogP contribution in [0.15, 0.2) is 54.6 Å². The fraction of sp³-hybridized carbons (Fsp3) is 0.381. The van der Waals surface area contributed by atoms with Gasteiger partial charge >= 0.3 is 0 Å². The van der Waals surface area contributed by atoms with Crippen LogP contribution in [-0.2, 0) is 6.54 Å². The first kappa shape index (κ1) is 18.8. The Morgan fingerprint density at radius 3 is 2.73 bits per heavy atom. The van der Waals surface area contributed by atoms with E-state index >= 15 is 0 Å². The molecule has 0 unspecified atom stereocenters. The number of carbonyl (C=O) groups excluding carboxylic acids is 1. The van der Waals surface area contributed by atoms with Crippen molar-refractivity contribution in [1.29, 1.82) is 0 Å². The van der Waals surface area contributed by atoms with E-state index in [0.29, 0.717) is 17.9 Å². The summed E-state index contributed by atoms with van der Waals surface area (Å²) < 4.78 is 8.14. The number of hydrogen-bond acceptors (Lipinski definition) is 4. The lowest BCUT2D eigenvalue weighted by Gasteiger charge is -2.19. The van der Waals surface area contributed by atoms with E-state index in [1.165, 1.54) is 25.1 Å². The van der Waals surface area contributed by atoms with E-state index < -0.39 is 0 Å². The zero-order chi connectivity index (χ0) is 18.2. The molecular weight excluding hydrogens is 344 g/mol. The Labute approximate surface area is 160 Å². The highest BCUT2D eigenvalue weighted by Gasteiger charge is 2.24. The largest absolute Gasteiger partial charge is 0.409 e. The number of nitrogens with zero attached hydrogens (tertiary/aromatic N) is 1. The van der Waals surface area contributed by atoms with Crippen molar-refractivity contribution in [3.8, 4) is 5.75 Å². The average Bonchev–Trinajstić information content (AvgIpc) is 3.49. The SMILES string of the molecule is CCCN(CC1CC1)SOc1cccc(C(=O)NCc2ccccc2)c1. The lowest BCUT2D eigenvalue weighted by Crippen LogP contribution is -2.23. The van der Waals surface area contributed by atoms with E-state index in [4.69, 9.17) is 4.18 Å². The Morgan fingerprint density at radius 1 is 1.19 bits per heavy atom. The molecule has 3 rings (SSSR count). The Kier molecular flexibility index (Phi) is 6.97. The molecular formula is C21H26N2O2S. The average molecular weight is 371 g/mol. The normalized spacial score (nSPS) is 13.6. The minimum atomic E-state index is -0.0901. The summed E-state index contributed by atoms with van der Waals surface area (Å²) in [6.45, 7) is 4.79. The minimum absolute atomic E-state index is 0.0901. The van der Waals surface area contributed by atoms with Crippen LogP contribution in [0.1, 0.15) is 42.1 Å². The molecule has 1 aliphatic carbocycles. The molecule has 0 aliphatic heterocycles. The first-order valence-corrected chi connectivity index (χ1v) is 9.96. The zero-order valence-corrected chi connectivity index (χ0v) is 16.0. The fourth-order valence-electron chi connectivity index (χ4n) is 2.66. The van der Waals surface area contributed by atoms with Gasteiger partial charge in [-0.15, -0.1) is 0 Å². The molecule has 1 N–H and O–H groups in total. The van der Waals surface area contributed by atoms with Crippen molar-refractivity contribution >= 4 is 18.1 Å². The van der Waals surface area contributed by atoms with Crippen LogP contribution >= 0.6 is 12.2 Å². The molecule has 0 heterocycles. The number of hydrogen-bond donors (Lipinski definition) is 1.